The van der Waals surface area contributed by atoms with Gasteiger partial charge in [0.05, 0.1) is 12.6 Å². The van der Waals surface area contributed by atoms with Gasteiger partial charge in [-0.05, 0) is 71.8 Å². The third-order valence-electron chi connectivity index (χ3n) is 4.51. The van der Waals surface area contributed by atoms with Crippen LogP contribution >= 0.6 is 22.6 Å². The van der Waals surface area contributed by atoms with Crippen LogP contribution in [0.25, 0.3) is 0 Å². The van der Waals surface area contributed by atoms with Gasteiger partial charge < -0.3 is 15.2 Å². The summed E-state index contributed by atoms with van der Waals surface area (Å²) in [4.78, 5) is 26.6. The summed E-state index contributed by atoms with van der Waals surface area (Å²) >= 11 is 2.23. The van der Waals surface area contributed by atoms with Gasteiger partial charge in [0, 0.05) is 15.7 Å². The summed E-state index contributed by atoms with van der Waals surface area (Å²) < 4.78 is 6.42. The number of benzene rings is 2. The number of carbonyl (C=O) groups excluding carboxylic acids is 2. The molecular formula is C20H21IN2O4. The summed E-state index contributed by atoms with van der Waals surface area (Å²) in [6, 6.07) is 11.8. The molecule has 0 saturated carbocycles. The second-order valence-corrected chi connectivity index (χ2v) is 7.89. The van der Waals surface area contributed by atoms with Gasteiger partial charge in [0.1, 0.15) is 11.8 Å². The maximum Gasteiger partial charge on any atom is 0.416 e. The molecule has 0 spiro atoms. The number of para-hydroxylation sites is 1. The van der Waals surface area contributed by atoms with Crippen LogP contribution in [0, 0.1) is 17.4 Å². The Labute approximate surface area is 171 Å². The van der Waals surface area contributed by atoms with E-state index in [1.54, 1.807) is 24.3 Å². The number of amides is 2. The number of β-amino-alcohol motifs (C(OH)–C–C–N with tert-alkyl or cyclic N) is 1. The van der Waals surface area contributed by atoms with E-state index in [9.17, 15) is 14.7 Å². The molecule has 0 radical (unpaired) electrons. The van der Waals surface area contributed by atoms with Gasteiger partial charge in [0.2, 0.25) is 5.91 Å². The number of anilines is 1. The molecule has 3 rings (SSSR count). The van der Waals surface area contributed by atoms with E-state index in [0.717, 1.165) is 20.4 Å². The Morgan fingerprint density at radius 2 is 1.81 bits per heavy atom. The van der Waals surface area contributed by atoms with Crippen LogP contribution in [-0.4, -0.2) is 40.7 Å². The van der Waals surface area contributed by atoms with Gasteiger partial charge in [0.25, 0.3) is 0 Å². The summed E-state index contributed by atoms with van der Waals surface area (Å²) in [6.07, 6.45) is -1.23. The van der Waals surface area contributed by atoms with E-state index in [-0.39, 0.29) is 18.9 Å². The van der Waals surface area contributed by atoms with Crippen LogP contribution in [0.15, 0.2) is 42.5 Å². The topological polar surface area (TPSA) is 78.9 Å². The van der Waals surface area contributed by atoms with E-state index in [4.69, 9.17) is 4.74 Å². The molecule has 0 aliphatic carbocycles. The Bertz CT molecular complexity index is 833. The van der Waals surface area contributed by atoms with Crippen LogP contribution in [0.3, 0.4) is 0 Å². The number of likely N-dealkylation sites (tertiary alicyclic amines) is 1. The maximum atomic E-state index is 12.8. The van der Waals surface area contributed by atoms with Crippen molar-refractivity contribution in [3.8, 4) is 5.75 Å². The SMILES string of the molecule is Cc1cc(I)cc(C)c1NC(=O)[C@@H]1C[C@@H](O)CN1C(=O)Oc1ccccc1. The lowest BCUT2D eigenvalue weighted by molar-refractivity contribution is -0.119. The van der Waals surface area contributed by atoms with Crippen LogP contribution in [0.4, 0.5) is 10.5 Å². The number of hydrogen-bond donors (Lipinski definition) is 2. The highest BCUT2D eigenvalue weighted by atomic mass is 127. The third kappa shape index (κ3) is 4.59. The lowest BCUT2D eigenvalue weighted by atomic mass is 10.1. The Kier molecular flexibility index (Phi) is 6.01. The van der Waals surface area contributed by atoms with Crippen molar-refractivity contribution in [1.29, 1.82) is 0 Å². The van der Waals surface area contributed by atoms with Gasteiger partial charge in [-0.1, -0.05) is 18.2 Å². The molecule has 0 bridgehead atoms. The fraction of sp³-hybridized carbons (Fsp3) is 0.300. The molecule has 0 aromatic heterocycles. The number of aliphatic hydroxyl groups excluding tert-OH is 1. The van der Waals surface area contributed by atoms with E-state index in [0.29, 0.717) is 5.75 Å². The maximum absolute atomic E-state index is 12.8. The van der Waals surface area contributed by atoms with Gasteiger partial charge in [0.15, 0.2) is 0 Å². The molecule has 1 saturated heterocycles. The summed E-state index contributed by atoms with van der Waals surface area (Å²) in [7, 11) is 0. The monoisotopic (exact) mass is 480 g/mol. The zero-order valence-electron chi connectivity index (χ0n) is 15.1. The number of carbonyl (C=O) groups is 2. The van der Waals surface area contributed by atoms with Crippen LogP contribution in [0.2, 0.25) is 0 Å². The molecule has 1 aliphatic rings. The van der Waals surface area contributed by atoms with Crippen molar-refractivity contribution in [2.24, 2.45) is 0 Å². The minimum Gasteiger partial charge on any atom is -0.410 e. The third-order valence-corrected chi connectivity index (χ3v) is 5.13. The number of ether oxygens (including phenoxy) is 1. The Morgan fingerprint density at radius 1 is 1.19 bits per heavy atom. The lowest BCUT2D eigenvalue weighted by Gasteiger charge is -2.23. The van der Waals surface area contributed by atoms with Crippen LogP contribution in [0.1, 0.15) is 17.5 Å². The minimum atomic E-state index is -0.783. The number of rotatable bonds is 3. The number of aliphatic hydroxyl groups is 1. The fourth-order valence-electron chi connectivity index (χ4n) is 3.23. The zero-order chi connectivity index (χ0) is 19.6. The minimum absolute atomic E-state index is 0.0639. The quantitative estimate of drug-likeness (QED) is 0.660. The van der Waals surface area contributed by atoms with Gasteiger partial charge in [-0.25, -0.2) is 4.79 Å². The summed E-state index contributed by atoms with van der Waals surface area (Å²) in [5, 5.41) is 12.9. The summed E-state index contributed by atoms with van der Waals surface area (Å²) in [6.45, 7) is 3.92. The molecule has 2 amide bonds. The van der Waals surface area contributed by atoms with Gasteiger partial charge in [-0.2, -0.15) is 0 Å². The van der Waals surface area contributed by atoms with Crippen LogP contribution < -0.4 is 10.1 Å². The normalized spacial score (nSPS) is 19.0. The van der Waals surface area contributed by atoms with Gasteiger partial charge in [-0.3, -0.25) is 9.69 Å². The molecule has 1 aliphatic heterocycles. The lowest BCUT2D eigenvalue weighted by Crippen LogP contribution is -2.44. The van der Waals surface area contributed by atoms with Gasteiger partial charge >= 0.3 is 6.09 Å². The molecule has 6 nitrogen and oxygen atoms in total. The highest BCUT2D eigenvalue weighted by Gasteiger charge is 2.40. The summed E-state index contributed by atoms with van der Waals surface area (Å²) in [5.74, 6) is 0.0661. The highest BCUT2D eigenvalue weighted by molar-refractivity contribution is 14.1. The molecule has 1 fully saturated rings. The van der Waals surface area contributed by atoms with E-state index < -0.39 is 18.2 Å². The molecule has 7 heteroatoms. The number of aryl methyl sites for hydroxylation is 2. The van der Waals surface area contributed by atoms with E-state index in [2.05, 4.69) is 27.9 Å². The number of nitrogens with one attached hydrogen (secondary N) is 1. The van der Waals surface area contributed by atoms with Crippen molar-refractivity contribution in [1.82, 2.24) is 4.90 Å². The molecular weight excluding hydrogens is 459 g/mol. The van der Waals surface area contributed by atoms with Crippen molar-refractivity contribution < 1.29 is 19.4 Å². The zero-order valence-corrected chi connectivity index (χ0v) is 17.3. The first-order chi connectivity index (χ1) is 12.8. The standard InChI is InChI=1S/C20H21IN2O4/c1-12-8-14(21)9-13(2)18(12)22-19(25)17-10-15(24)11-23(17)20(26)27-16-6-4-3-5-7-16/h3-9,15,17,24H,10-11H2,1-2H3,(H,22,25)/t15-,17+/m1/s1. The number of halogens is 1. The van der Waals surface area contributed by atoms with E-state index in [1.807, 2.05) is 32.0 Å². The fourth-order valence-corrected chi connectivity index (χ4v) is 4.16. The summed E-state index contributed by atoms with van der Waals surface area (Å²) in [5.41, 5.74) is 2.63. The van der Waals surface area contributed by atoms with Crippen LogP contribution in [0.5, 0.6) is 5.75 Å². The Hall–Kier alpha value is -2.13. The first-order valence-corrected chi connectivity index (χ1v) is 9.72. The predicted octanol–water partition coefficient (Wildman–Crippen LogP) is 3.48. The Morgan fingerprint density at radius 3 is 2.44 bits per heavy atom. The van der Waals surface area contributed by atoms with Crippen LogP contribution in [-0.2, 0) is 4.79 Å². The second-order valence-electron chi connectivity index (χ2n) is 6.64. The molecule has 2 N–H and O–H groups in total. The largest absolute Gasteiger partial charge is 0.416 e. The highest BCUT2D eigenvalue weighted by Crippen LogP contribution is 2.26. The van der Waals surface area contributed by atoms with Crippen molar-refractivity contribution in [3.63, 3.8) is 0 Å². The molecule has 27 heavy (non-hydrogen) atoms. The predicted molar refractivity (Wildman–Crippen MR) is 111 cm³/mol. The first kappa shape index (κ1) is 19.6. The van der Waals surface area contributed by atoms with Crippen molar-refractivity contribution in [3.05, 3.63) is 57.2 Å². The van der Waals surface area contributed by atoms with Crippen molar-refractivity contribution in [2.75, 3.05) is 11.9 Å². The van der Waals surface area contributed by atoms with Gasteiger partial charge in [-0.15, -0.1) is 0 Å². The second kappa shape index (κ2) is 8.26. The molecule has 2 atom stereocenters. The molecule has 142 valence electrons. The molecule has 1 heterocycles. The average Bonchev–Trinajstić information content (AvgIpc) is 3.01. The van der Waals surface area contributed by atoms with E-state index >= 15 is 0 Å². The molecule has 0 unspecified atom stereocenters. The van der Waals surface area contributed by atoms with Crippen molar-refractivity contribution in [2.45, 2.75) is 32.4 Å². The van der Waals surface area contributed by atoms with E-state index in [1.165, 1.54) is 4.90 Å². The Balaban J connectivity index is 1.75. The van der Waals surface area contributed by atoms with Crippen molar-refractivity contribution >= 4 is 40.3 Å². The average molecular weight is 480 g/mol. The molecule has 2 aromatic rings. The first-order valence-electron chi connectivity index (χ1n) is 8.64. The smallest absolute Gasteiger partial charge is 0.410 e. The number of nitrogens with zero attached hydrogens (tertiary/aromatic N) is 1. The number of hydrogen-bond acceptors (Lipinski definition) is 4. The molecule has 2 aromatic carbocycles.